The minimum Gasteiger partial charge on any atom is -0.481 e. The van der Waals surface area contributed by atoms with Crippen LogP contribution in [-0.4, -0.2) is 36.9 Å². The van der Waals surface area contributed by atoms with Crippen molar-refractivity contribution in [2.75, 3.05) is 0 Å². The highest BCUT2D eigenvalue weighted by Crippen LogP contribution is 2.20. The molecule has 2 aromatic rings. The van der Waals surface area contributed by atoms with Crippen molar-refractivity contribution in [2.45, 2.75) is 13.0 Å². The molecule has 0 amide bonds. The van der Waals surface area contributed by atoms with Crippen molar-refractivity contribution >= 4 is 17.5 Å². The molecule has 0 radical (unpaired) electrons. The number of nitrogens with zero attached hydrogens (tertiary/aromatic N) is 2. The average molecular weight is 250 g/mol. The summed E-state index contributed by atoms with van der Waals surface area (Å²) >= 11 is 0. The Morgan fingerprint density at radius 1 is 1.33 bits per heavy atom. The lowest BCUT2D eigenvalue weighted by Crippen LogP contribution is -2.07. The lowest BCUT2D eigenvalue weighted by Gasteiger charge is -2.00. The summed E-state index contributed by atoms with van der Waals surface area (Å²) in [6, 6.07) is 3.16. The number of carboxylic acid groups (broad SMARTS) is 2. The molecule has 7 nitrogen and oxygen atoms in total. The molecule has 0 fully saturated rings. The van der Waals surface area contributed by atoms with Crippen LogP contribution in [0.3, 0.4) is 0 Å². The third-order valence-corrected chi connectivity index (χ3v) is 2.51. The van der Waals surface area contributed by atoms with Gasteiger partial charge in [-0.2, -0.15) is 5.10 Å². The predicted octanol–water partition coefficient (Wildman–Crippen LogP) is 0.152. The van der Waals surface area contributed by atoms with E-state index in [0.29, 0.717) is 5.56 Å². The summed E-state index contributed by atoms with van der Waals surface area (Å²) in [5, 5.41) is 31.0. The van der Waals surface area contributed by atoms with Gasteiger partial charge in [-0.3, -0.25) is 4.79 Å². The first-order valence-electron chi connectivity index (χ1n) is 5.09. The van der Waals surface area contributed by atoms with Gasteiger partial charge in [-0.1, -0.05) is 6.07 Å². The van der Waals surface area contributed by atoms with E-state index in [1.165, 1.54) is 10.7 Å². The van der Waals surface area contributed by atoms with Crippen LogP contribution in [0.25, 0.3) is 5.52 Å². The number of hydrogen-bond donors (Lipinski definition) is 3. The molecule has 0 aliphatic rings. The first-order chi connectivity index (χ1) is 8.54. The minimum absolute atomic E-state index is 0.0316. The molecule has 0 aliphatic carbocycles. The van der Waals surface area contributed by atoms with Crippen LogP contribution in [0.15, 0.2) is 18.3 Å². The summed E-state index contributed by atoms with van der Waals surface area (Å²) in [6.45, 7) is -0.344. The second-order valence-electron chi connectivity index (χ2n) is 3.68. The Bertz CT molecular complexity index is 632. The molecule has 2 aromatic heterocycles. The largest absolute Gasteiger partial charge is 0.481 e. The van der Waals surface area contributed by atoms with Gasteiger partial charge in [0.1, 0.15) is 5.56 Å². The summed E-state index contributed by atoms with van der Waals surface area (Å²) in [7, 11) is 0. The first kappa shape index (κ1) is 12.1. The summed E-state index contributed by atoms with van der Waals surface area (Å²) < 4.78 is 1.27. The smallest absolute Gasteiger partial charge is 0.339 e. The first-order valence-corrected chi connectivity index (χ1v) is 5.09. The van der Waals surface area contributed by atoms with Gasteiger partial charge in [0.25, 0.3) is 0 Å². The number of aliphatic carboxylic acids is 1. The van der Waals surface area contributed by atoms with Crippen LogP contribution in [0.2, 0.25) is 0 Å². The van der Waals surface area contributed by atoms with Crippen molar-refractivity contribution in [1.82, 2.24) is 9.61 Å². The molecule has 0 atom stereocenters. The topological polar surface area (TPSA) is 112 Å². The van der Waals surface area contributed by atoms with Crippen molar-refractivity contribution in [1.29, 1.82) is 0 Å². The molecular weight excluding hydrogens is 240 g/mol. The highest BCUT2D eigenvalue weighted by molar-refractivity contribution is 5.98. The number of fused-ring (bicyclic) bond motifs is 1. The van der Waals surface area contributed by atoms with Crippen LogP contribution < -0.4 is 0 Å². The van der Waals surface area contributed by atoms with Crippen LogP contribution in [0, 0.1) is 0 Å². The average Bonchev–Trinajstić information content (AvgIpc) is 2.65. The molecule has 2 rings (SSSR count). The fourth-order valence-electron chi connectivity index (χ4n) is 1.84. The minimum atomic E-state index is -1.26. The second kappa shape index (κ2) is 4.46. The zero-order chi connectivity index (χ0) is 13.3. The normalized spacial score (nSPS) is 10.7. The van der Waals surface area contributed by atoms with E-state index in [9.17, 15) is 14.7 Å². The van der Waals surface area contributed by atoms with E-state index in [1.54, 1.807) is 12.1 Å². The number of aromatic carboxylic acids is 1. The predicted molar refractivity (Wildman–Crippen MR) is 59.4 cm³/mol. The Morgan fingerprint density at radius 2 is 2.06 bits per heavy atom. The Balaban J connectivity index is 2.76. The second-order valence-corrected chi connectivity index (χ2v) is 3.68. The van der Waals surface area contributed by atoms with E-state index >= 15 is 0 Å². The molecule has 3 N–H and O–H groups in total. The summed E-state index contributed by atoms with van der Waals surface area (Å²) in [5.74, 6) is -2.42. The third-order valence-electron chi connectivity index (χ3n) is 2.51. The molecule has 0 saturated heterocycles. The molecule has 7 heteroatoms. The number of hydrogen-bond acceptors (Lipinski definition) is 4. The summed E-state index contributed by atoms with van der Waals surface area (Å²) in [4.78, 5) is 21.9. The molecular formula is C11H10N2O5. The number of carboxylic acids is 2. The van der Waals surface area contributed by atoms with E-state index in [0.717, 1.165) is 0 Å². The van der Waals surface area contributed by atoms with E-state index in [-0.39, 0.29) is 23.4 Å². The molecule has 0 bridgehead atoms. The Kier molecular flexibility index (Phi) is 2.99. The Labute approximate surface area is 101 Å². The van der Waals surface area contributed by atoms with Gasteiger partial charge in [0.15, 0.2) is 0 Å². The Hall–Kier alpha value is -2.41. The van der Waals surface area contributed by atoms with Gasteiger partial charge in [0.05, 0.1) is 24.2 Å². The lowest BCUT2D eigenvalue weighted by molar-refractivity contribution is -0.136. The quantitative estimate of drug-likeness (QED) is 0.712. The SMILES string of the molecule is O=C(O)Cc1nn2cccc(CO)c2c1C(=O)O. The maximum absolute atomic E-state index is 11.2. The fraction of sp³-hybridized carbons (Fsp3) is 0.182. The zero-order valence-corrected chi connectivity index (χ0v) is 9.20. The van der Waals surface area contributed by atoms with Gasteiger partial charge in [-0.25, -0.2) is 9.31 Å². The van der Waals surface area contributed by atoms with Gasteiger partial charge < -0.3 is 15.3 Å². The van der Waals surface area contributed by atoms with E-state index in [4.69, 9.17) is 10.2 Å². The number of pyridine rings is 1. The van der Waals surface area contributed by atoms with Crippen LogP contribution in [-0.2, 0) is 17.8 Å². The van der Waals surface area contributed by atoms with Gasteiger partial charge in [-0.05, 0) is 6.07 Å². The van der Waals surface area contributed by atoms with Crippen molar-refractivity contribution in [3.63, 3.8) is 0 Å². The maximum Gasteiger partial charge on any atom is 0.339 e. The van der Waals surface area contributed by atoms with Gasteiger partial charge in [0, 0.05) is 11.8 Å². The van der Waals surface area contributed by atoms with Crippen molar-refractivity contribution < 1.29 is 24.9 Å². The Morgan fingerprint density at radius 3 is 2.61 bits per heavy atom. The third kappa shape index (κ3) is 1.91. The number of rotatable bonds is 4. The van der Waals surface area contributed by atoms with Gasteiger partial charge in [-0.15, -0.1) is 0 Å². The molecule has 18 heavy (non-hydrogen) atoms. The molecule has 0 spiro atoms. The maximum atomic E-state index is 11.2. The summed E-state index contributed by atoms with van der Waals surface area (Å²) in [5.41, 5.74) is 0.403. The number of carbonyl (C=O) groups is 2. The van der Waals surface area contributed by atoms with Crippen molar-refractivity contribution in [2.24, 2.45) is 0 Å². The highest BCUT2D eigenvalue weighted by atomic mass is 16.4. The highest BCUT2D eigenvalue weighted by Gasteiger charge is 2.22. The molecule has 0 unspecified atom stereocenters. The van der Waals surface area contributed by atoms with Crippen molar-refractivity contribution in [3.05, 3.63) is 35.2 Å². The number of aliphatic hydroxyl groups excluding tert-OH is 1. The molecule has 94 valence electrons. The van der Waals surface area contributed by atoms with Crippen LogP contribution >= 0.6 is 0 Å². The number of aromatic nitrogens is 2. The van der Waals surface area contributed by atoms with Crippen LogP contribution in [0.4, 0.5) is 0 Å². The van der Waals surface area contributed by atoms with Gasteiger partial charge in [0.2, 0.25) is 0 Å². The molecule has 0 aliphatic heterocycles. The van der Waals surface area contributed by atoms with E-state index in [1.807, 2.05) is 0 Å². The zero-order valence-electron chi connectivity index (χ0n) is 9.20. The van der Waals surface area contributed by atoms with E-state index < -0.39 is 18.4 Å². The summed E-state index contributed by atoms with van der Waals surface area (Å²) in [6.07, 6.45) is 1.03. The molecule has 0 saturated carbocycles. The fourth-order valence-corrected chi connectivity index (χ4v) is 1.84. The van der Waals surface area contributed by atoms with Crippen LogP contribution in [0.5, 0.6) is 0 Å². The van der Waals surface area contributed by atoms with Crippen molar-refractivity contribution in [3.8, 4) is 0 Å². The van der Waals surface area contributed by atoms with Gasteiger partial charge >= 0.3 is 11.9 Å². The molecule has 0 aromatic carbocycles. The monoisotopic (exact) mass is 250 g/mol. The van der Waals surface area contributed by atoms with Crippen LogP contribution in [0.1, 0.15) is 21.6 Å². The number of aliphatic hydroxyl groups is 1. The molecule has 2 heterocycles. The van der Waals surface area contributed by atoms with E-state index in [2.05, 4.69) is 5.10 Å². The standard InChI is InChI=1S/C11H10N2O5/c14-5-6-2-1-3-13-10(6)9(11(17)18)7(12-13)4-8(15)16/h1-3,14H,4-5H2,(H,15,16)(H,17,18). The lowest BCUT2D eigenvalue weighted by atomic mass is 10.1.